The highest BCUT2D eigenvalue weighted by Gasteiger charge is 2.19. The summed E-state index contributed by atoms with van der Waals surface area (Å²) >= 11 is 3.73. The number of hydrogen-bond donors (Lipinski definition) is 0. The third-order valence-corrected chi connectivity index (χ3v) is 15.6. The minimum Gasteiger partial charge on any atom is -0.309 e. The predicted molar refractivity (Wildman–Crippen MR) is 277 cm³/mol. The average molecular weight is 849 g/mol. The van der Waals surface area contributed by atoms with E-state index >= 15 is 0 Å². The first-order chi connectivity index (χ1) is 31.7. The molecule has 4 heterocycles. The number of aromatic nitrogens is 2. The highest BCUT2D eigenvalue weighted by atomic mass is 32.1. The zero-order valence-corrected chi connectivity index (χ0v) is 36.1. The second-order valence-electron chi connectivity index (χ2n) is 16.9. The molecule has 64 heavy (non-hydrogen) atoms. The van der Waals surface area contributed by atoms with E-state index in [1.807, 2.05) is 22.7 Å². The largest absolute Gasteiger partial charge is 0.309 e. The van der Waals surface area contributed by atoms with E-state index in [0.717, 1.165) is 11.4 Å². The number of hydrogen-bond acceptors (Lipinski definition) is 2. The van der Waals surface area contributed by atoms with Gasteiger partial charge in [-0.25, -0.2) is 0 Å². The van der Waals surface area contributed by atoms with Crippen LogP contribution in [-0.2, 0) is 0 Å². The van der Waals surface area contributed by atoms with Gasteiger partial charge in [0.1, 0.15) is 0 Å². The minimum atomic E-state index is 1.12. The molecule has 298 valence electrons. The monoisotopic (exact) mass is 848 g/mol. The highest BCUT2D eigenvalue weighted by molar-refractivity contribution is 7.26. The van der Waals surface area contributed by atoms with Crippen LogP contribution in [0.3, 0.4) is 0 Å². The van der Waals surface area contributed by atoms with Crippen molar-refractivity contribution in [3.05, 3.63) is 218 Å². The Morgan fingerprint density at radius 1 is 0.219 bits per heavy atom. The van der Waals surface area contributed by atoms with Crippen LogP contribution in [0.5, 0.6) is 0 Å². The van der Waals surface area contributed by atoms with Gasteiger partial charge in [-0.1, -0.05) is 127 Å². The van der Waals surface area contributed by atoms with Crippen molar-refractivity contribution in [3.8, 4) is 44.8 Å². The van der Waals surface area contributed by atoms with E-state index in [2.05, 4.69) is 228 Å². The standard InChI is InChI=1S/C60H36N2S2/c1-2-12-37(13-3-1)38-22-26-55-49(32-38)45-14-4-8-18-53(45)61(55)43-30-42(41-25-29-60-52(35-41)48-17-7-11-21-58(48)64-60)31-44(36-43)62-54-19-9-5-15-46(54)50-33-39(23-27-56(50)62)40-24-28-59-51(34-40)47-16-6-10-20-57(47)63-59/h1-36H. The molecule has 2 nitrogen and oxygen atoms in total. The lowest BCUT2D eigenvalue weighted by atomic mass is 10.0. The molecule has 0 aliphatic heterocycles. The normalized spacial score (nSPS) is 12.1. The van der Waals surface area contributed by atoms with Crippen LogP contribution in [-0.4, -0.2) is 9.13 Å². The van der Waals surface area contributed by atoms with Crippen LogP contribution < -0.4 is 0 Å². The molecule has 4 heteroatoms. The number of para-hydroxylation sites is 2. The summed E-state index contributed by atoms with van der Waals surface area (Å²) in [5.41, 5.74) is 14.3. The van der Waals surface area contributed by atoms with Crippen LogP contribution in [0.2, 0.25) is 0 Å². The summed E-state index contributed by atoms with van der Waals surface area (Å²) in [6.07, 6.45) is 0. The maximum atomic E-state index is 2.48. The molecule has 14 rings (SSSR count). The zero-order valence-electron chi connectivity index (χ0n) is 34.5. The first-order valence-corrected chi connectivity index (χ1v) is 23.4. The number of benzene rings is 10. The second-order valence-corrected chi connectivity index (χ2v) is 19.1. The van der Waals surface area contributed by atoms with E-state index in [0.29, 0.717) is 0 Å². The molecule has 0 aliphatic carbocycles. The maximum Gasteiger partial charge on any atom is 0.0541 e. The summed E-state index contributed by atoms with van der Waals surface area (Å²) < 4.78 is 10.2. The van der Waals surface area contributed by atoms with E-state index in [1.165, 1.54) is 117 Å². The van der Waals surface area contributed by atoms with Crippen molar-refractivity contribution < 1.29 is 0 Å². The SMILES string of the molecule is c1ccc(-c2ccc3c(c2)c2ccccc2n3-c2cc(-c3ccc4sc5ccccc5c4c3)cc(-n3c4ccccc4c4cc(-c5ccc6sc7ccccc7c6c5)ccc43)c2)cc1. The van der Waals surface area contributed by atoms with Crippen LogP contribution in [0.4, 0.5) is 0 Å². The molecule has 0 spiro atoms. The van der Waals surface area contributed by atoms with Crippen molar-refractivity contribution in [1.82, 2.24) is 9.13 Å². The molecule has 0 aliphatic rings. The molecule has 0 radical (unpaired) electrons. The van der Waals surface area contributed by atoms with Crippen molar-refractivity contribution >= 4 is 107 Å². The quantitative estimate of drug-likeness (QED) is 0.163. The molecule has 0 saturated carbocycles. The fourth-order valence-corrected chi connectivity index (χ4v) is 12.5. The predicted octanol–water partition coefficient (Wildman–Crippen LogP) is 17.6. The lowest BCUT2D eigenvalue weighted by Crippen LogP contribution is -2.00. The number of nitrogens with zero attached hydrogens (tertiary/aromatic N) is 2. The second kappa shape index (κ2) is 13.9. The van der Waals surface area contributed by atoms with Gasteiger partial charge in [0.15, 0.2) is 0 Å². The zero-order chi connectivity index (χ0) is 41.9. The Morgan fingerprint density at radius 2 is 0.594 bits per heavy atom. The molecule has 0 atom stereocenters. The van der Waals surface area contributed by atoms with Crippen molar-refractivity contribution in [2.75, 3.05) is 0 Å². The van der Waals surface area contributed by atoms with Gasteiger partial charge in [0.05, 0.1) is 22.1 Å². The Kier molecular flexibility index (Phi) is 7.76. The van der Waals surface area contributed by atoms with Gasteiger partial charge in [-0.05, 0) is 124 Å². The van der Waals surface area contributed by atoms with Gasteiger partial charge in [0, 0.05) is 73.3 Å². The summed E-state index contributed by atoms with van der Waals surface area (Å²) in [5.74, 6) is 0. The first kappa shape index (κ1) is 35.8. The van der Waals surface area contributed by atoms with Gasteiger partial charge in [-0.15, -0.1) is 22.7 Å². The molecule has 4 aromatic heterocycles. The topological polar surface area (TPSA) is 9.86 Å². The van der Waals surface area contributed by atoms with E-state index in [4.69, 9.17) is 0 Å². The third kappa shape index (κ3) is 5.43. The Hall–Kier alpha value is -7.76. The average Bonchev–Trinajstić information content (AvgIpc) is 4.11. The maximum absolute atomic E-state index is 2.48. The van der Waals surface area contributed by atoms with E-state index < -0.39 is 0 Å². The number of thiophene rings is 2. The lowest BCUT2D eigenvalue weighted by Gasteiger charge is -2.16. The first-order valence-electron chi connectivity index (χ1n) is 21.8. The minimum absolute atomic E-state index is 1.12. The summed E-state index contributed by atoms with van der Waals surface area (Å²) in [6.45, 7) is 0. The van der Waals surface area contributed by atoms with Crippen molar-refractivity contribution in [3.63, 3.8) is 0 Å². The Bertz CT molecular complexity index is 4200. The van der Waals surface area contributed by atoms with Gasteiger partial charge < -0.3 is 9.13 Å². The molecule has 0 fully saturated rings. The lowest BCUT2D eigenvalue weighted by molar-refractivity contribution is 1.13. The highest BCUT2D eigenvalue weighted by Crippen LogP contribution is 2.43. The Labute approximate surface area is 376 Å². The molecule has 14 aromatic rings. The van der Waals surface area contributed by atoms with Crippen molar-refractivity contribution in [1.29, 1.82) is 0 Å². The summed E-state index contributed by atoms with van der Waals surface area (Å²) in [5, 5.41) is 10.2. The van der Waals surface area contributed by atoms with Crippen LogP contribution in [0, 0.1) is 0 Å². The van der Waals surface area contributed by atoms with Crippen LogP contribution >= 0.6 is 22.7 Å². The van der Waals surface area contributed by atoms with E-state index in [9.17, 15) is 0 Å². The number of rotatable bonds is 5. The molecule has 0 amide bonds. The molecule has 10 aromatic carbocycles. The van der Waals surface area contributed by atoms with Crippen molar-refractivity contribution in [2.24, 2.45) is 0 Å². The van der Waals surface area contributed by atoms with Crippen molar-refractivity contribution in [2.45, 2.75) is 0 Å². The van der Waals surface area contributed by atoms with Crippen LogP contribution in [0.15, 0.2) is 218 Å². The van der Waals surface area contributed by atoms with Gasteiger partial charge >= 0.3 is 0 Å². The van der Waals surface area contributed by atoms with Crippen LogP contribution in [0.1, 0.15) is 0 Å². The van der Waals surface area contributed by atoms with Gasteiger partial charge in [0.2, 0.25) is 0 Å². The van der Waals surface area contributed by atoms with E-state index in [-0.39, 0.29) is 0 Å². The number of fused-ring (bicyclic) bond motifs is 12. The Balaban J connectivity index is 1.02. The molecular formula is C60H36N2S2. The van der Waals surface area contributed by atoms with Gasteiger partial charge in [-0.3, -0.25) is 0 Å². The molecule has 0 unspecified atom stereocenters. The molecule has 0 saturated heterocycles. The van der Waals surface area contributed by atoms with Gasteiger partial charge in [-0.2, -0.15) is 0 Å². The third-order valence-electron chi connectivity index (χ3n) is 13.3. The fraction of sp³-hybridized carbons (Fsp3) is 0. The fourth-order valence-electron chi connectivity index (χ4n) is 10.3. The molecule has 0 bridgehead atoms. The molecular weight excluding hydrogens is 813 g/mol. The summed E-state index contributed by atoms with van der Waals surface area (Å²) in [6, 6.07) is 81.2. The van der Waals surface area contributed by atoms with Crippen LogP contribution in [0.25, 0.3) is 129 Å². The summed E-state index contributed by atoms with van der Waals surface area (Å²) in [4.78, 5) is 0. The van der Waals surface area contributed by atoms with Gasteiger partial charge in [0.25, 0.3) is 0 Å². The van der Waals surface area contributed by atoms with E-state index in [1.54, 1.807) is 0 Å². The smallest absolute Gasteiger partial charge is 0.0541 e. The summed E-state index contributed by atoms with van der Waals surface area (Å²) in [7, 11) is 0. The Morgan fingerprint density at radius 3 is 1.12 bits per heavy atom. The molecule has 0 N–H and O–H groups in total.